The van der Waals surface area contributed by atoms with E-state index in [1.165, 1.54) is 6.92 Å². The number of hydrogen-bond donors (Lipinski definition) is 2. The molecule has 0 aromatic heterocycles. The predicted octanol–water partition coefficient (Wildman–Crippen LogP) is 4.48. The highest BCUT2D eigenvalue weighted by atomic mass is 19.2. The van der Waals surface area contributed by atoms with Crippen LogP contribution in [0.25, 0.3) is 5.57 Å². The maximum atomic E-state index is 16.0. The first kappa shape index (κ1) is 18.8. The Morgan fingerprint density at radius 1 is 1.38 bits per heavy atom. The number of aliphatic carboxylic acids is 1. The van der Waals surface area contributed by atoms with Crippen LogP contribution in [0.3, 0.4) is 0 Å². The maximum Gasteiger partial charge on any atom is 0.304 e. The zero-order valence-electron chi connectivity index (χ0n) is 15.4. The van der Waals surface area contributed by atoms with E-state index < -0.39 is 35.8 Å². The minimum absolute atomic E-state index is 0.0754. The van der Waals surface area contributed by atoms with Gasteiger partial charge in [-0.05, 0) is 67.9 Å². The van der Waals surface area contributed by atoms with Gasteiger partial charge in [-0.25, -0.2) is 8.78 Å². The van der Waals surface area contributed by atoms with Gasteiger partial charge in [-0.3, -0.25) is 4.79 Å². The zero-order chi connectivity index (χ0) is 19.2. The highest BCUT2D eigenvalue weighted by Gasteiger charge is 2.50. The summed E-state index contributed by atoms with van der Waals surface area (Å²) in [4.78, 5) is 11.1. The molecule has 3 rings (SSSR count). The number of benzene rings is 1. The van der Waals surface area contributed by atoms with Crippen molar-refractivity contribution in [2.24, 2.45) is 17.6 Å². The van der Waals surface area contributed by atoms with Gasteiger partial charge in [0.25, 0.3) is 0 Å². The molecule has 1 fully saturated rings. The van der Waals surface area contributed by atoms with Crippen LogP contribution in [-0.4, -0.2) is 22.8 Å². The Labute approximate surface area is 152 Å². The average molecular weight is 361 g/mol. The lowest BCUT2D eigenvalue weighted by Crippen LogP contribution is -2.47. The Kier molecular flexibility index (Phi) is 4.78. The van der Waals surface area contributed by atoms with Crippen molar-refractivity contribution in [3.05, 3.63) is 52.4 Å². The first-order valence-corrected chi connectivity index (χ1v) is 8.98. The number of allylic oxidation sites excluding steroid dienone is 3. The summed E-state index contributed by atoms with van der Waals surface area (Å²) in [6, 6.07) is 4.58. The summed E-state index contributed by atoms with van der Waals surface area (Å²) < 4.78 is 31.1. The second-order valence-electron chi connectivity index (χ2n) is 7.77. The fraction of sp³-hybridized carbons (Fsp3) is 0.476. The Bertz CT molecular complexity index is 806. The van der Waals surface area contributed by atoms with Gasteiger partial charge in [0, 0.05) is 6.04 Å². The topological polar surface area (TPSA) is 63.3 Å². The van der Waals surface area contributed by atoms with Crippen LogP contribution in [0.4, 0.5) is 8.78 Å². The second kappa shape index (κ2) is 6.62. The number of nitrogens with two attached hydrogens (primary N) is 1. The van der Waals surface area contributed by atoms with Crippen LogP contribution in [0.5, 0.6) is 0 Å². The van der Waals surface area contributed by atoms with Crippen molar-refractivity contribution in [1.29, 1.82) is 0 Å². The molecule has 5 heteroatoms. The summed E-state index contributed by atoms with van der Waals surface area (Å²) in [5.41, 5.74) is 7.46. The lowest BCUT2D eigenvalue weighted by atomic mass is 9.70. The summed E-state index contributed by atoms with van der Waals surface area (Å²) in [7, 11) is 0. The van der Waals surface area contributed by atoms with E-state index in [4.69, 9.17) is 10.8 Å². The number of carboxylic acid groups (broad SMARTS) is 1. The number of aryl methyl sites for hydroxylation is 2. The average Bonchev–Trinajstić information content (AvgIpc) is 3.31. The molecule has 2 aliphatic carbocycles. The number of halogens is 2. The lowest BCUT2D eigenvalue weighted by molar-refractivity contribution is -0.137. The Morgan fingerprint density at radius 2 is 2.04 bits per heavy atom. The molecule has 0 amide bonds. The fourth-order valence-electron chi connectivity index (χ4n) is 4.02. The van der Waals surface area contributed by atoms with Gasteiger partial charge in [-0.2, -0.15) is 0 Å². The van der Waals surface area contributed by atoms with Crippen molar-refractivity contribution in [2.45, 2.75) is 51.7 Å². The van der Waals surface area contributed by atoms with Crippen LogP contribution < -0.4 is 5.73 Å². The predicted molar refractivity (Wildman–Crippen MR) is 98.0 cm³/mol. The number of rotatable bonds is 5. The van der Waals surface area contributed by atoms with Gasteiger partial charge >= 0.3 is 5.97 Å². The molecule has 1 saturated carbocycles. The molecule has 0 spiro atoms. The molecular formula is C21H25F2NO2. The Hall–Kier alpha value is -2.01. The van der Waals surface area contributed by atoms with Crippen LogP contribution in [-0.2, 0) is 4.79 Å². The van der Waals surface area contributed by atoms with E-state index in [1.54, 1.807) is 6.08 Å². The first-order chi connectivity index (χ1) is 12.1. The van der Waals surface area contributed by atoms with Crippen molar-refractivity contribution >= 4 is 11.5 Å². The van der Waals surface area contributed by atoms with Gasteiger partial charge < -0.3 is 10.8 Å². The van der Waals surface area contributed by atoms with Crippen molar-refractivity contribution < 1.29 is 18.7 Å². The molecule has 3 atom stereocenters. The van der Waals surface area contributed by atoms with Gasteiger partial charge in [0.1, 0.15) is 11.5 Å². The SMILES string of the molecule is Cc1ccc(C2=CC(C3CC3)=C(F)C(C(N)CC(=O)O)C2(C)F)c(C)c1. The molecule has 0 radical (unpaired) electrons. The smallest absolute Gasteiger partial charge is 0.304 e. The van der Waals surface area contributed by atoms with Crippen molar-refractivity contribution in [3.8, 4) is 0 Å². The van der Waals surface area contributed by atoms with Crippen LogP contribution >= 0.6 is 0 Å². The van der Waals surface area contributed by atoms with E-state index in [0.717, 1.165) is 29.5 Å². The molecule has 1 aromatic rings. The summed E-state index contributed by atoms with van der Waals surface area (Å²) in [5.74, 6) is -2.96. The van der Waals surface area contributed by atoms with Gasteiger partial charge in [-0.1, -0.05) is 23.8 Å². The molecule has 3 unspecified atom stereocenters. The molecule has 0 saturated heterocycles. The molecule has 26 heavy (non-hydrogen) atoms. The lowest BCUT2D eigenvalue weighted by Gasteiger charge is -2.39. The fourth-order valence-corrected chi connectivity index (χ4v) is 4.02. The summed E-state index contributed by atoms with van der Waals surface area (Å²) in [5, 5.41) is 9.06. The van der Waals surface area contributed by atoms with Crippen molar-refractivity contribution in [2.75, 3.05) is 0 Å². The van der Waals surface area contributed by atoms with Gasteiger partial charge in [-0.15, -0.1) is 0 Å². The summed E-state index contributed by atoms with van der Waals surface area (Å²) in [6.45, 7) is 5.17. The maximum absolute atomic E-state index is 16.0. The van der Waals surface area contributed by atoms with Crippen LogP contribution in [0.2, 0.25) is 0 Å². The Morgan fingerprint density at radius 3 is 2.58 bits per heavy atom. The molecule has 3 nitrogen and oxygen atoms in total. The quantitative estimate of drug-likeness (QED) is 0.813. The molecular weight excluding hydrogens is 336 g/mol. The number of alkyl halides is 1. The minimum atomic E-state index is -2.09. The van der Waals surface area contributed by atoms with Crippen LogP contribution in [0.15, 0.2) is 35.7 Å². The standard InChI is InChI=1S/C21H25F2NO2/c1-11-4-7-14(12(2)8-11)16-9-15(13-5-6-13)20(22)19(21(16,3)23)17(24)10-18(25)26/h4,7-9,13,17,19H,5-6,10,24H2,1-3H3,(H,25,26). The summed E-state index contributed by atoms with van der Waals surface area (Å²) >= 11 is 0. The molecule has 140 valence electrons. The molecule has 1 aromatic carbocycles. The largest absolute Gasteiger partial charge is 0.481 e. The number of carboxylic acids is 1. The third-order valence-electron chi connectivity index (χ3n) is 5.49. The third kappa shape index (κ3) is 3.32. The van der Waals surface area contributed by atoms with Gasteiger partial charge in [0.05, 0.1) is 12.3 Å². The highest BCUT2D eigenvalue weighted by molar-refractivity contribution is 5.79. The van der Waals surface area contributed by atoms with Crippen LogP contribution in [0, 0.1) is 25.7 Å². The van der Waals surface area contributed by atoms with E-state index in [-0.39, 0.29) is 5.92 Å². The molecule has 0 aliphatic heterocycles. The third-order valence-corrected chi connectivity index (χ3v) is 5.49. The minimum Gasteiger partial charge on any atom is -0.481 e. The molecule has 2 aliphatic rings. The van der Waals surface area contributed by atoms with Crippen LogP contribution in [0.1, 0.15) is 42.9 Å². The second-order valence-corrected chi connectivity index (χ2v) is 7.77. The molecule has 3 N–H and O–H groups in total. The van der Waals surface area contributed by atoms with E-state index in [0.29, 0.717) is 11.1 Å². The normalized spacial score (nSPS) is 27.3. The van der Waals surface area contributed by atoms with E-state index in [1.807, 2.05) is 32.0 Å². The van der Waals surface area contributed by atoms with E-state index in [2.05, 4.69) is 0 Å². The summed E-state index contributed by atoms with van der Waals surface area (Å²) in [6.07, 6.45) is 2.89. The van der Waals surface area contributed by atoms with Gasteiger partial charge in [0.15, 0.2) is 0 Å². The number of hydrogen-bond acceptors (Lipinski definition) is 2. The van der Waals surface area contributed by atoms with E-state index >= 15 is 8.78 Å². The van der Waals surface area contributed by atoms with E-state index in [9.17, 15) is 4.79 Å². The molecule has 0 heterocycles. The monoisotopic (exact) mass is 361 g/mol. The molecule has 0 bridgehead atoms. The van der Waals surface area contributed by atoms with Crippen molar-refractivity contribution in [1.82, 2.24) is 0 Å². The Balaban J connectivity index is 2.14. The highest BCUT2D eigenvalue weighted by Crippen LogP contribution is 2.52. The number of carbonyl (C=O) groups is 1. The zero-order valence-corrected chi connectivity index (χ0v) is 15.4. The van der Waals surface area contributed by atoms with Gasteiger partial charge in [0.2, 0.25) is 0 Å². The van der Waals surface area contributed by atoms with Crippen molar-refractivity contribution in [3.63, 3.8) is 0 Å². The first-order valence-electron chi connectivity index (χ1n) is 8.98.